The number of carbonyl (C=O) groups excluding carboxylic acids is 1. The highest BCUT2D eigenvalue weighted by Gasteiger charge is 2.39. The number of nitrogens with zero attached hydrogens (tertiary/aromatic N) is 4. The van der Waals surface area contributed by atoms with Gasteiger partial charge in [-0.05, 0) is 64.2 Å². The smallest absolute Gasteiger partial charge is 0.455 e. The van der Waals surface area contributed by atoms with Gasteiger partial charge >= 0.3 is 12.3 Å². The molecule has 1 aromatic heterocycles. The molecule has 2 fully saturated rings. The number of piperidine rings is 2. The Bertz CT molecular complexity index is 1140. The number of hydrogen-bond donors (Lipinski definition) is 1. The summed E-state index contributed by atoms with van der Waals surface area (Å²) >= 11 is 0. The van der Waals surface area contributed by atoms with Gasteiger partial charge in [0, 0.05) is 26.2 Å². The Morgan fingerprint density at radius 3 is 2.21 bits per heavy atom. The lowest BCUT2D eigenvalue weighted by molar-refractivity contribution is -0.146. The minimum atomic E-state index is -4.70. The van der Waals surface area contributed by atoms with Crippen molar-refractivity contribution in [1.82, 2.24) is 19.9 Å². The zero-order valence-corrected chi connectivity index (χ0v) is 21.9. The first-order valence-corrected chi connectivity index (χ1v) is 12.6. The average Bonchev–Trinajstić information content (AvgIpc) is 3.31. The molecule has 0 bridgehead atoms. The van der Waals surface area contributed by atoms with Gasteiger partial charge in [0.05, 0.1) is 12.1 Å². The lowest BCUT2D eigenvalue weighted by Crippen LogP contribution is -2.46. The number of halogens is 5. The lowest BCUT2D eigenvalue weighted by atomic mass is 9.84. The Hall–Kier alpha value is -3.00. The van der Waals surface area contributed by atoms with Gasteiger partial charge in [-0.2, -0.15) is 18.2 Å². The molecule has 39 heavy (non-hydrogen) atoms. The van der Waals surface area contributed by atoms with Crippen LogP contribution in [-0.2, 0) is 23.1 Å². The zero-order valence-electron chi connectivity index (χ0n) is 21.9. The van der Waals surface area contributed by atoms with Crippen LogP contribution in [0.2, 0.25) is 0 Å². The van der Waals surface area contributed by atoms with Gasteiger partial charge in [0.25, 0.3) is 5.82 Å². The normalized spacial score (nSPS) is 19.3. The molecule has 216 valence electrons. The van der Waals surface area contributed by atoms with Crippen LogP contribution in [0, 0.1) is 11.6 Å². The number of benzene rings is 1. The summed E-state index contributed by atoms with van der Waals surface area (Å²) < 4.78 is 83.4. The van der Waals surface area contributed by atoms with Crippen LogP contribution in [0.1, 0.15) is 63.7 Å². The first-order chi connectivity index (χ1) is 18.1. The molecule has 2 aliphatic heterocycles. The van der Waals surface area contributed by atoms with E-state index in [4.69, 9.17) is 9.47 Å². The maximum absolute atomic E-state index is 15.0. The summed E-state index contributed by atoms with van der Waals surface area (Å²) in [6.07, 6.45) is -4.84. The van der Waals surface area contributed by atoms with Gasteiger partial charge in [0.1, 0.15) is 11.7 Å². The highest BCUT2D eigenvalue weighted by molar-refractivity contribution is 5.68. The van der Waals surface area contributed by atoms with Crippen molar-refractivity contribution in [3.63, 3.8) is 0 Å². The molecule has 0 aliphatic carbocycles. The minimum absolute atomic E-state index is 0.0111. The molecule has 2 aromatic rings. The van der Waals surface area contributed by atoms with Crippen LogP contribution >= 0.6 is 0 Å². The number of ether oxygens (including phenoxy) is 2. The van der Waals surface area contributed by atoms with Crippen molar-refractivity contribution in [2.45, 2.75) is 76.5 Å². The van der Waals surface area contributed by atoms with Crippen LogP contribution in [0.3, 0.4) is 0 Å². The maximum atomic E-state index is 15.0. The van der Waals surface area contributed by atoms with Crippen molar-refractivity contribution in [2.24, 2.45) is 0 Å². The fraction of sp³-hybridized carbons (Fsp3) is 0.640. The summed E-state index contributed by atoms with van der Waals surface area (Å²) in [5.74, 6) is -3.99. The van der Waals surface area contributed by atoms with Gasteiger partial charge in [0.15, 0.2) is 17.4 Å². The van der Waals surface area contributed by atoms with Crippen LogP contribution in [0.15, 0.2) is 16.7 Å². The van der Waals surface area contributed by atoms with Gasteiger partial charge in [-0.15, -0.1) is 0 Å². The molecule has 2 aliphatic rings. The van der Waals surface area contributed by atoms with Crippen molar-refractivity contribution < 1.29 is 45.8 Å². The molecule has 1 N–H and O–H groups in total. The molecule has 0 saturated carbocycles. The Kier molecular flexibility index (Phi) is 8.08. The molecule has 1 amide bonds. The van der Waals surface area contributed by atoms with Gasteiger partial charge in [-0.1, -0.05) is 5.16 Å². The summed E-state index contributed by atoms with van der Waals surface area (Å²) in [4.78, 5) is 18.9. The van der Waals surface area contributed by atoms with E-state index in [0.29, 0.717) is 25.9 Å². The SMILES string of the molecule is CC(C)(C)OC(=O)N1CCC(O)(c2cc(F)c(OC3CCN(Cc4nc(C(F)(F)F)no4)CC3)c(F)c2)CC1. The van der Waals surface area contributed by atoms with E-state index in [1.165, 1.54) is 4.90 Å². The third-order valence-corrected chi connectivity index (χ3v) is 6.68. The summed E-state index contributed by atoms with van der Waals surface area (Å²) in [6.45, 7) is 6.32. The average molecular weight is 563 g/mol. The molecule has 0 atom stereocenters. The van der Waals surface area contributed by atoms with Crippen LogP contribution in [-0.4, -0.2) is 69.0 Å². The fourth-order valence-electron chi connectivity index (χ4n) is 4.59. The van der Waals surface area contributed by atoms with Crippen LogP contribution in [0.4, 0.5) is 26.7 Å². The molecular formula is C25H31F5N4O5. The molecule has 0 spiro atoms. The largest absolute Gasteiger partial charge is 0.484 e. The number of aliphatic hydroxyl groups is 1. The van der Waals surface area contributed by atoms with Crippen LogP contribution in [0.25, 0.3) is 0 Å². The van der Waals surface area contributed by atoms with E-state index in [-0.39, 0.29) is 43.9 Å². The van der Waals surface area contributed by atoms with Gasteiger partial charge in [0.2, 0.25) is 5.89 Å². The highest BCUT2D eigenvalue weighted by Crippen LogP contribution is 2.37. The van der Waals surface area contributed by atoms with Gasteiger partial charge in [-0.25, -0.2) is 13.6 Å². The molecule has 3 heterocycles. The maximum Gasteiger partial charge on any atom is 0.455 e. The summed E-state index contributed by atoms with van der Waals surface area (Å²) in [5.41, 5.74) is -2.13. The van der Waals surface area contributed by atoms with Crippen LogP contribution in [0.5, 0.6) is 5.75 Å². The topological polar surface area (TPSA) is 101 Å². The quantitative estimate of drug-likeness (QED) is 0.527. The molecule has 2 saturated heterocycles. The monoisotopic (exact) mass is 562 g/mol. The van der Waals surface area contributed by atoms with Crippen molar-refractivity contribution in [1.29, 1.82) is 0 Å². The second-order valence-corrected chi connectivity index (χ2v) is 10.9. The predicted molar refractivity (Wildman–Crippen MR) is 126 cm³/mol. The molecule has 9 nitrogen and oxygen atoms in total. The molecular weight excluding hydrogens is 531 g/mol. The van der Waals surface area contributed by atoms with Crippen molar-refractivity contribution >= 4 is 6.09 Å². The highest BCUT2D eigenvalue weighted by atomic mass is 19.4. The third kappa shape index (κ3) is 7.15. The molecule has 0 radical (unpaired) electrons. The molecule has 4 rings (SSSR count). The Morgan fingerprint density at radius 2 is 1.69 bits per heavy atom. The molecule has 0 unspecified atom stereocenters. The second kappa shape index (κ2) is 10.9. The van der Waals surface area contributed by atoms with E-state index in [0.717, 1.165) is 12.1 Å². The van der Waals surface area contributed by atoms with Crippen molar-refractivity contribution in [3.8, 4) is 5.75 Å². The Balaban J connectivity index is 1.32. The van der Waals surface area contributed by atoms with Gasteiger partial charge in [-0.3, -0.25) is 4.90 Å². The number of aromatic nitrogens is 2. The molecule has 1 aromatic carbocycles. The first kappa shape index (κ1) is 29.0. The number of hydrogen-bond acceptors (Lipinski definition) is 8. The number of amides is 1. The van der Waals surface area contributed by atoms with E-state index < -0.39 is 52.8 Å². The Morgan fingerprint density at radius 1 is 1.10 bits per heavy atom. The van der Waals surface area contributed by atoms with E-state index in [9.17, 15) is 31.9 Å². The lowest BCUT2D eigenvalue weighted by Gasteiger charge is -2.39. The van der Waals surface area contributed by atoms with Crippen molar-refractivity contribution in [2.75, 3.05) is 26.2 Å². The standard InChI is InChI=1S/C25H31F5N4O5/c1-23(2,3)38-22(35)34-10-6-24(36,7-11-34)15-12-17(26)20(18(27)13-15)37-16-4-8-33(9-5-16)14-19-31-21(32-39-19)25(28,29)30/h12-13,16,36H,4-11,14H2,1-3H3. The third-order valence-electron chi connectivity index (χ3n) is 6.68. The van der Waals surface area contributed by atoms with Gasteiger partial charge < -0.3 is 24.0 Å². The summed E-state index contributed by atoms with van der Waals surface area (Å²) in [5, 5.41) is 14.0. The summed E-state index contributed by atoms with van der Waals surface area (Å²) in [6, 6.07) is 2.09. The summed E-state index contributed by atoms with van der Waals surface area (Å²) in [7, 11) is 0. The number of likely N-dealkylation sites (tertiary alicyclic amines) is 2. The predicted octanol–water partition coefficient (Wildman–Crippen LogP) is 4.63. The fourth-order valence-corrected chi connectivity index (χ4v) is 4.59. The first-order valence-electron chi connectivity index (χ1n) is 12.6. The number of alkyl halides is 3. The zero-order chi connectivity index (χ0) is 28.6. The van der Waals surface area contributed by atoms with Crippen LogP contribution < -0.4 is 4.74 Å². The Labute approximate surface area is 221 Å². The number of carbonyl (C=O) groups is 1. The minimum Gasteiger partial charge on any atom is -0.484 e. The number of rotatable bonds is 5. The van der Waals surface area contributed by atoms with E-state index in [1.807, 2.05) is 0 Å². The van der Waals surface area contributed by atoms with E-state index >= 15 is 0 Å². The van der Waals surface area contributed by atoms with E-state index in [1.54, 1.807) is 25.7 Å². The second-order valence-electron chi connectivity index (χ2n) is 10.9. The van der Waals surface area contributed by atoms with Crippen molar-refractivity contribution in [3.05, 3.63) is 41.0 Å². The van der Waals surface area contributed by atoms with E-state index in [2.05, 4.69) is 14.7 Å². The molecule has 14 heteroatoms.